The van der Waals surface area contributed by atoms with Crippen molar-refractivity contribution in [2.45, 2.75) is 32.0 Å². The third-order valence-electron chi connectivity index (χ3n) is 5.79. The molecule has 4 rings (SSSR count). The average Bonchev–Trinajstić information content (AvgIpc) is 3.49. The van der Waals surface area contributed by atoms with Crippen LogP contribution in [0, 0.1) is 0 Å². The Morgan fingerprint density at radius 1 is 1.25 bits per heavy atom. The minimum Gasteiger partial charge on any atom is -0.447 e. The van der Waals surface area contributed by atoms with Crippen LogP contribution in [0.2, 0.25) is 5.02 Å². The molecule has 2 aliphatic heterocycles. The monoisotopic (exact) mass is 462 g/mol. The highest BCUT2D eigenvalue weighted by atomic mass is 35.5. The van der Waals surface area contributed by atoms with Crippen LogP contribution in [0.3, 0.4) is 0 Å². The fourth-order valence-electron chi connectivity index (χ4n) is 4.00. The van der Waals surface area contributed by atoms with Gasteiger partial charge in [-0.3, -0.25) is 14.6 Å². The second kappa shape index (κ2) is 11.8. The van der Waals surface area contributed by atoms with E-state index in [2.05, 4.69) is 26.2 Å². The lowest BCUT2D eigenvalue weighted by molar-refractivity contribution is 0.0320. The van der Waals surface area contributed by atoms with E-state index >= 15 is 0 Å². The summed E-state index contributed by atoms with van der Waals surface area (Å²) in [6.45, 7) is 7.70. The van der Waals surface area contributed by atoms with Gasteiger partial charge in [-0.15, -0.1) is 0 Å². The van der Waals surface area contributed by atoms with Gasteiger partial charge < -0.3 is 19.2 Å². The van der Waals surface area contributed by atoms with Crippen molar-refractivity contribution < 1.29 is 18.7 Å². The van der Waals surface area contributed by atoms with E-state index in [1.54, 1.807) is 0 Å². The van der Waals surface area contributed by atoms with Crippen molar-refractivity contribution in [1.82, 2.24) is 20.1 Å². The van der Waals surface area contributed by atoms with Crippen molar-refractivity contribution in [3.8, 4) is 0 Å². The lowest BCUT2D eigenvalue weighted by Gasteiger charge is -2.29. The molecule has 32 heavy (non-hydrogen) atoms. The number of ether oxygens (including phenoxy) is 2. The van der Waals surface area contributed by atoms with E-state index < -0.39 is 0 Å². The summed E-state index contributed by atoms with van der Waals surface area (Å²) in [7, 11) is 0. The molecule has 2 aliphatic rings. The Bertz CT molecular complexity index is 865. The van der Waals surface area contributed by atoms with E-state index in [1.807, 2.05) is 18.2 Å². The van der Waals surface area contributed by atoms with Crippen molar-refractivity contribution >= 4 is 17.5 Å². The Balaban J connectivity index is 1.35. The zero-order chi connectivity index (χ0) is 22.2. The number of rotatable bonds is 10. The molecule has 3 heterocycles. The van der Waals surface area contributed by atoms with Crippen molar-refractivity contribution in [2.24, 2.45) is 0 Å². The molecule has 0 bridgehead atoms. The maximum absolute atomic E-state index is 12.4. The van der Waals surface area contributed by atoms with E-state index in [0.717, 1.165) is 69.4 Å². The third kappa shape index (κ3) is 7.02. The van der Waals surface area contributed by atoms with Crippen LogP contribution in [0.5, 0.6) is 0 Å². The molecule has 2 saturated heterocycles. The summed E-state index contributed by atoms with van der Waals surface area (Å²) in [6, 6.07) is 7.87. The van der Waals surface area contributed by atoms with Crippen molar-refractivity contribution in [3.63, 3.8) is 0 Å². The molecule has 0 radical (unpaired) electrons. The molecule has 1 atom stereocenters. The predicted molar refractivity (Wildman–Crippen MR) is 121 cm³/mol. The van der Waals surface area contributed by atoms with Gasteiger partial charge in [-0.1, -0.05) is 23.7 Å². The Morgan fingerprint density at radius 2 is 2.12 bits per heavy atom. The summed E-state index contributed by atoms with van der Waals surface area (Å²) in [5.41, 5.74) is 1.43. The van der Waals surface area contributed by atoms with E-state index in [-0.39, 0.29) is 12.0 Å². The van der Waals surface area contributed by atoms with Crippen LogP contribution in [0.4, 0.5) is 0 Å². The topological polar surface area (TPSA) is 80.1 Å². The first-order chi connectivity index (χ1) is 15.7. The minimum absolute atomic E-state index is 0.0960. The van der Waals surface area contributed by atoms with Gasteiger partial charge in [0.05, 0.1) is 25.9 Å². The first-order valence-electron chi connectivity index (χ1n) is 11.3. The van der Waals surface area contributed by atoms with Crippen molar-refractivity contribution in [2.75, 3.05) is 52.5 Å². The Morgan fingerprint density at radius 3 is 2.91 bits per heavy atom. The Labute approximate surface area is 193 Å². The van der Waals surface area contributed by atoms with Crippen LogP contribution in [0.1, 0.15) is 34.8 Å². The van der Waals surface area contributed by atoms with Gasteiger partial charge >= 0.3 is 0 Å². The molecule has 2 fully saturated rings. The Hall–Kier alpha value is -1.97. The SMILES string of the molecule is O=C(NCC1CCCO1)c1coc(CN(CCN2CCOCC2)Cc2cccc(Cl)c2)n1. The summed E-state index contributed by atoms with van der Waals surface area (Å²) >= 11 is 6.18. The Kier molecular flexibility index (Phi) is 8.53. The molecule has 2 aromatic rings. The number of halogens is 1. The molecule has 0 aliphatic carbocycles. The molecule has 1 aromatic heterocycles. The smallest absolute Gasteiger partial charge is 0.273 e. The number of aromatic nitrogens is 1. The summed E-state index contributed by atoms with van der Waals surface area (Å²) < 4.78 is 16.6. The highest BCUT2D eigenvalue weighted by Gasteiger charge is 2.20. The highest BCUT2D eigenvalue weighted by molar-refractivity contribution is 6.30. The predicted octanol–water partition coefficient (Wildman–Crippen LogP) is 2.57. The maximum atomic E-state index is 12.4. The fraction of sp³-hybridized carbons (Fsp3) is 0.565. The zero-order valence-electron chi connectivity index (χ0n) is 18.3. The fourth-order valence-corrected chi connectivity index (χ4v) is 4.21. The quantitative estimate of drug-likeness (QED) is 0.581. The third-order valence-corrected chi connectivity index (χ3v) is 6.02. The molecule has 8 nitrogen and oxygen atoms in total. The minimum atomic E-state index is -0.231. The van der Waals surface area contributed by atoms with Gasteiger partial charge in [-0.25, -0.2) is 4.98 Å². The van der Waals surface area contributed by atoms with Crippen LogP contribution in [-0.4, -0.2) is 79.3 Å². The van der Waals surface area contributed by atoms with E-state index in [0.29, 0.717) is 31.2 Å². The number of morpholine rings is 1. The molecular formula is C23H31ClN4O4. The summed E-state index contributed by atoms with van der Waals surface area (Å²) in [4.78, 5) is 21.5. The molecule has 1 unspecified atom stereocenters. The van der Waals surface area contributed by atoms with Gasteiger partial charge in [0.1, 0.15) is 6.26 Å². The number of nitrogens with zero attached hydrogens (tertiary/aromatic N) is 3. The van der Waals surface area contributed by atoms with Crippen LogP contribution in [0.15, 0.2) is 34.9 Å². The number of amides is 1. The van der Waals surface area contributed by atoms with Gasteiger partial charge in [0.2, 0.25) is 5.89 Å². The standard InChI is InChI=1S/C23H31ClN4O4/c24-19-4-1-3-18(13-19)15-28(7-6-27-8-11-30-12-9-27)16-22-26-21(17-32-22)23(29)25-14-20-5-2-10-31-20/h1,3-4,13,17,20H,2,5-12,14-16H2,(H,25,29). The summed E-state index contributed by atoms with van der Waals surface area (Å²) in [6.07, 6.45) is 3.55. The van der Waals surface area contributed by atoms with Gasteiger partial charge in [0, 0.05) is 50.9 Å². The van der Waals surface area contributed by atoms with Crippen LogP contribution in [-0.2, 0) is 22.6 Å². The van der Waals surface area contributed by atoms with Gasteiger partial charge in [0.25, 0.3) is 5.91 Å². The molecule has 174 valence electrons. The van der Waals surface area contributed by atoms with Gasteiger partial charge in [-0.05, 0) is 30.5 Å². The molecule has 1 aromatic carbocycles. The number of benzene rings is 1. The van der Waals surface area contributed by atoms with Gasteiger partial charge in [-0.2, -0.15) is 0 Å². The zero-order valence-corrected chi connectivity index (χ0v) is 19.1. The summed E-state index contributed by atoms with van der Waals surface area (Å²) in [5.74, 6) is 0.293. The van der Waals surface area contributed by atoms with E-state index in [1.165, 1.54) is 6.26 Å². The van der Waals surface area contributed by atoms with Crippen molar-refractivity contribution in [3.05, 3.63) is 52.7 Å². The number of hydrogen-bond acceptors (Lipinski definition) is 7. The average molecular weight is 463 g/mol. The molecular weight excluding hydrogens is 432 g/mol. The normalized spacial score (nSPS) is 19.5. The van der Waals surface area contributed by atoms with Crippen LogP contribution >= 0.6 is 11.6 Å². The lowest BCUT2D eigenvalue weighted by atomic mass is 10.2. The number of carbonyl (C=O) groups is 1. The van der Waals surface area contributed by atoms with E-state index in [9.17, 15) is 4.79 Å². The number of carbonyl (C=O) groups excluding carboxylic acids is 1. The largest absolute Gasteiger partial charge is 0.447 e. The lowest BCUT2D eigenvalue weighted by Crippen LogP contribution is -2.41. The number of oxazole rings is 1. The van der Waals surface area contributed by atoms with Crippen molar-refractivity contribution in [1.29, 1.82) is 0 Å². The molecule has 0 spiro atoms. The molecule has 1 amide bonds. The molecule has 0 saturated carbocycles. The second-order valence-corrected chi connectivity index (χ2v) is 8.70. The summed E-state index contributed by atoms with van der Waals surface area (Å²) in [5, 5.41) is 3.61. The van der Waals surface area contributed by atoms with E-state index in [4.69, 9.17) is 25.5 Å². The molecule has 9 heteroatoms. The number of hydrogen-bond donors (Lipinski definition) is 1. The van der Waals surface area contributed by atoms with Crippen LogP contribution in [0.25, 0.3) is 0 Å². The van der Waals surface area contributed by atoms with Crippen LogP contribution < -0.4 is 5.32 Å². The second-order valence-electron chi connectivity index (χ2n) is 8.27. The molecule has 1 N–H and O–H groups in total. The maximum Gasteiger partial charge on any atom is 0.273 e. The number of nitrogens with one attached hydrogen (secondary N) is 1. The first kappa shape index (κ1) is 23.2. The first-order valence-corrected chi connectivity index (χ1v) is 11.6. The van der Waals surface area contributed by atoms with Gasteiger partial charge in [0.15, 0.2) is 5.69 Å². The highest BCUT2D eigenvalue weighted by Crippen LogP contribution is 2.15.